The van der Waals surface area contributed by atoms with Gasteiger partial charge in [-0.2, -0.15) is 0 Å². The molecule has 3 rings (SSSR count). The van der Waals surface area contributed by atoms with Gasteiger partial charge in [0.2, 0.25) is 0 Å². The molecule has 0 aliphatic carbocycles. The van der Waals surface area contributed by atoms with Gasteiger partial charge in [-0.15, -0.1) is 0 Å². The lowest BCUT2D eigenvalue weighted by Gasteiger charge is -2.07. The van der Waals surface area contributed by atoms with Crippen LogP contribution in [0.15, 0.2) is 53.5 Å². The summed E-state index contributed by atoms with van der Waals surface area (Å²) in [7, 11) is 0. The van der Waals surface area contributed by atoms with Crippen LogP contribution in [0, 0.1) is 6.92 Å². The molecule has 0 atom stereocenters. The molecular formula is C16H11ClN2O2. The lowest BCUT2D eigenvalue weighted by atomic mass is 10.0. The van der Waals surface area contributed by atoms with Gasteiger partial charge in [0.1, 0.15) is 11.2 Å². The van der Waals surface area contributed by atoms with E-state index in [4.69, 9.17) is 11.6 Å². The molecule has 104 valence electrons. The molecule has 5 heteroatoms. The summed E-state index contributed by atoms with van der Waals surface area (Å²) in [6.07, 6.45) is 1.47. The third-order valence-corrected chi connectivity index (χ3v) is 3.45. The zero-order valence-corrected chi connectivity index (χ0v) is 12.0. The molecule has 0 amide bonds. The maximum absolute atomic E-state index is 12.6. The first-order valence-corrected chi connectivity index (χ1v) is 6.74. The average molecular weight is 299 g/mol. The van der Waals surface area contributed by atoms with Gasteiger partial charge in [0, 0.05) is 11.8 Å². The van der Waals surface area contributed by atoms with Crippen molar-refractivity contribution in [1.82, 2.24) is 9.38 Å². The maximum atomic E-state index is 12.6. The Hall–Kier alpha value is -2.46. The Bertz CT molecular complexity index is 901. The highest BCUT2D eigenvalue weighted by Gasteiger charge is 2.18. The molecule has 0 aliphatic rings. The molecule has 0 saturated carbocycles. The normalized spacial score (nSPS) is 10.8. The third kappa shape index (κ3) is 2.34. The second kappa shape index (κ2) is 5.14. The van der Waals surface area contributed by atoms with Crippen molar-refractivity contribution in [2.24, 2.45) is 0 Å². The minimum absolute atomic E-state index is 0.0703. The summed E-state index contributed by atoms with van der Waals surface area (Å²) in [5, 5.41) is 0.411. The summed E-state index contributed by atoms with van der Waals surface area (Å²) in [6.45, 7) is 1.66. The number of fused-ring (bicyclic) bond motifs is 1. The standard InChI is InChI=1S/C16H11ClN2O2/c1-10-14(15(20)11-5-3-2-4-6-11)16(21)19-9-12(17)7-8-13(19)18-10/h2-9H,1H3. The van der Waals surface area contributed by atoms with E-state index in [2.05, 4.69) is 4.98 Å². The monoisotopic (exact) mass is 298 g/mol. The molecule has 0 unspecified atom stereocenters. The number of halogens is 1. The number of aromatic nitrogens is 2. The second-order valence-corrected chi connectivity index (χ2v) is 5.08. The molecule has 0 saturated heterocycles. The average Bonchev–Trinajstić information content (AvgIpc) is 2.49. The second-order valence-electron chi connectivity index (χ2n) is 4.65. The van der Waals surface area contributed by atoms with Crippen LogP contribution in [0.3, 0.4) is 0 Å². The largest absolute Gasteiger partial charge is 0.288 e. The van der Waals surface area contributed by atoms with Crippen LogP contribution in [-0.4, -0.2) is 15.2 Å². The number of nitrogens with zero attached hydrogens (tertiary/aromatic N) is 2. The van der Waals surface area contributed by atoms with Gasteiger partial charge in [0.25, 0.3) is 5.56 Å². The van der Waals surface area contributed by atoms with Crippen LogP contribution in [-0.2, 0) is 0 Å². The van der Waals surface area contributed by atoms with E-state index in [1.54, 1.807) is 43.3 Å². The predicted molar refractivity (Wildman–Crippen MR) is 81.1 cm³/mol. The Kier molecular flexibility index (Phi) is 3.31. The summed E-state index contributed by atoms with van der Waals surface area (Å²) in [4.78, 5) is 29.4. The summed E-state index contributed by atoms with van der Waals surface area (Å²) in [5.74, 6) is -0.333. The Morgan fingerprint density at radius 1 is 1.14 bits per heavy atom. The summed E-state index contributed by atoms with van der Waals surface area (Å²) in [5.41, 5.74) is 0.999. The van der Waals surface area contributed by atoms with E-state index >= 15 is 0 Å². The molecule has 0 fully saturated rings. The smallest absolute Gasteiger partial charge is 0.269 e. The first kappa shape index (κ1) is 13.5. The quantitative estimate of drug-likeness (QED) is 0.684. The first-order valence-electron chi connectivity index (χ1n) is 6.36. The van der Waals surface area contributed by atoms with Crippen LogP contribution < -0.4 is 5.56 Å². The molecule has 0 N–H and O–H groups in total. The number of carbonyl (C=O) groups excluding carboxylic acids is 1. The van der Waals surface area contributed by atoms with Gasteiger partial charge in [0.05, 0.1) is 10.7 Å². The lowest BCUT2D eigenvalue weighted by Crippen LogP contribution is -2.25. The van der Waals surface area contributed by atoms with Crippen molar-refractivity contribution >= 4 is 23.0 Å². The van der Waals surface area contributed by atoms with Crippen LogP contribution >= 0.6 is 11.6 Å². The van der Waals surface area contributed by atoms with Gasteiger partial charge < -0.3 is 0 Å². The van der Waals surface area contributed by atoms with Crippen molar-refractivity contribution < 1.29 is 4.79 Å². The van der Waals surface area contributed by atoms with E-state index in [9.17, 15) is 9.59 Å². The fourth-order valence-electron chi connectivity index (χ4n) is 2.22. The van der Waals surface area contributed by atoms with Gasteiger partial charge in [0.15, 0.2) is 5.78 Å². The van der Waals surface area contributed by atoms with Crippen molar-refractivity contribution in [3.63, 3.8) is 0 Å². The van der Waals surface area contributed by atoms with Gasteiger partial charge in [-0.05, 0) is 19.1 Å². The van der Waals surface area contributed by atoms with E-state index in [0.717, 1.165) is 0 Å². The zero-order chi connectivity index (χ0) is 15.0. The van der Waals surface area contributed by atoms with E-state index in [0.29, 0.717) is 21.9 Å². The summed E-state index contributed by atoms with van der Waals surface area (Å²) in [6, 6.07) is 12.0. The lowest BCUT2D eigenvalue weighted by molar-refractivity contribution is 0.103. The van der Waals surface area contributed by atoms with Crippen LogP contribution in [0.25, 0.3) is 5.65 Å². The molecule has 0 bridgehead atoms. The first-order chi connectivity index (χ1) is 10.1. The Labute approximate surface area is 125 Å². The highest BCUT2D eigenvalue weighted by Crippen LogP contribution is 2.13. The van der Waals surface area contributed by atoms with Crippen molar-refractivity contribution in [2.45, 2.75) is 6.92 Å². The molecule has 3 aromatic rings. The van der Waals surface area contributed by atoms with Gasteiger partial charge in [-0.25, -0.2) is 4.98 Å². The Morgan fingerprint density at radius 2 is 1.86 bits per heavy atom. The minimum Gasteiger partial charge on any atom is -0.288 e. The molecule has 1 aromatic carbocycles. The third-order valence-electron chi connectivity index (χ3n) is 3.23. The van der Waals surface area contributed by atoms with E-state index in [-0.39, 0.29) is 11.3 Å². The van der Waals surface area contributed by atoms with Crippen LogP contribution in [0.1, 0.15) is 21.6 Å². The van der Waals surface area contributed by atoms with E-state index < -0.39 is 5.56 Å². The van der Waals surface area contributed by atoms with Gasteiger partial charge >= 0.3 is 0 Å². The van der Waals surface area contributed by atoms with Crippen LogP contribution in [0.2, 0.25) is 5.02 Å². The van der Waals surface area contributed by atoms with Gasteiger partial charge in [-0.3, -0.25) is 14.0 Å². The molecular weight excluding hydrogens is 288 g/mol. The van der Waals surface area contributed by atoms with E-state index in [1.807, 2.05) is 6.07 Å². The molecule has 0 radical (unpaired) electrons. The topological polar surface area (TPSA) is 51.4 Å². The number of carbonyl (C=O) groups is 1. The number of pyridine rings is 1. The molecule has 21 heavy (non-hydrogen) atoms. The van der Waals surface area contributed by atoms with Crippen molar-refractivity contribution in [1.29, 1.82) is 0 Å². The highest BCUT2D eigenvalue weighted by atomic mass is 35.5. The fourth-order valence-corrected chi connectivity index (χ4v) is 2.38. The zero-order valence-electron chi connectivity index (χ0n) is 11.2. The van der Waals surface area contributed by atoms with E-state index in [1.165, 1.54) is 10.6 Å². The van der Waals surface area contributed by atoms with Crippen molar-refractivity contribution in [3.8, 4) is 0 Å². The molecule has 0 spiro atoms. The van der Waals surface area contributed by atoms with Crippen molar-refractivity contribution in [3.05, 3.63) is 80.9 Å². The Morgan fingerprint density at radius 3 is 2.57 bits per heavy atom. The molecule has 2 heterocycles. The number of hydrogen-bond acceptors (Lipinski definition) is 3. The molecule has 2 aromatic heterocycles. The van der Waals surface area contributed by atoms with Gasteiger partial charge in [-0.1, -0.05) is 41.9 Å². The number of hydrogen-bond donors (Lipinski definition) is 0. The fraction of sp³-hybridized carbons (Fsp3) is 0.0625. The number of rotatable bonds is 2. The highest BCUT2D eigenvalue weighted by molar-refractivity contribution is 6.30. The minimum atomic E-state index is -0.408. The molecule has 0 aliphatic heterocycles. The molecule has 4 nitrogen and oxygen atoms in total. The maximum Gasteiger partial charge on any atom is 0.269 e. The Balaban J connectivity index is 2.28. The SMILES string of the molecule is Cc1nc2ccc(Cl)cn2c(=O)c1C(=O)c1ccccc1. The number of benzene rings is 1. The summed E-state index contributed by atoms with van der Waals surface area (Å²) >= 11 is 5.91. The number of ketones is 1. The van der Waals surface area contributed by atoms with Crippen molar-refractivity contribution in [2.75, 3.05) is 0 Å². The van der Waals surface area contributed by atoms with Crippen LogP contribution in [0.4, 0.5) is 0 Å². The number of aryl methyl sites for hydroxylation is 1. The predicted octanol–water partition coefficient (Wildman–Crippen LogP) is 2.89. The van der Waals surface area contributed by atoms with Crippen LogP contribution in [0.5, 0.6) is 0 Å². The summed E-state index contributed by atoms with van der Waals surface area (Å²) < 4.78 is 1.30.